The van der Waals surface area contributed by atoms with Gasteiger partial charge in [-0.2, -0.15) is 0 Å². The van der Waals surface area contributed by atoms with Gasteiger partial charge in [-0.15, -0.1) is 0 Å². The molecule has 0 spiro atoms. The summed E-state index contributed by atoms with van der Waals surface area (Å²) in [5, 5.41) is 0. The summed E-state index contributed by atoms with van der Waals surface area (Å²) in [7, 11) is 0. The van der Waals surface area contributed by atoms with Gasteiger partial charge in [0, 0.05) is 13.1 Å². The number of rotatable bonds is 1. The molecule has 2 rings (SSSR count). The van der Waals surface area contributed by atoms with Gasteiger partial charge in [-0.3, -0.25) is 0 Å². The molecule has 0 saturated carbocycles. The quantitative estimate of drug-likeness (QED) is 0.644. The SMILES string of the molecule is Nc1ccc(N2CCC2)cn1. The summed E-state index contributed by atoms with van der Waals surface area (Å²) in [6.45, 7) is 2.32. The minimum atomic E-state index is 0.592. The summed E-state index contributed by atoms with van der Waals surface area (Å²) in [6.07, 6.45) is 3.12. The summed E-state index contributed by atoms with van der Waals surface area (Å²) < 4.78 is 0. The average Bonchev–Trinajstić information content (AvgIpc) is 1.90. The van der Waals surface area contributed by atoms with Gasteiger partial charge >= 0.3 is 0 Å². The first-order chi connectivity index (χ1) is 5.36. The van der Waals surface area contributed by atoms with Gasteiger partial charge in [-0.05, 0) is 18.6 Å². The van der Waals surface area contributed by atoms with E-state index in [2.05, 4.69) is 9.88 Å². The molecule has 3 heteroatoms. The van der Waals surface area contributed by atoms with Gasteiger partial charge in [-0.1, -0.05) is 0 Å². The van der Waals surface area contributed by atoms with E-state index < -0.39 is 0 Å². The highest BCUT2D eigenvalue weighted by Crippen LogP contribution is 2.19. The van der Waals surface area contributed by atoms with Crippen molar-refractivity contribution in [1.82, 2.24) is 4.98 Å². The fourth-order valence-electron chi connectivity index (χ4n) is 1.16. The standard InChI is InChI=1S/C8H11N3/c9-8-3-2-7(6-10-8)11-4-1-5-11/h2-3,6H,1,4-5H2,(H2,9,10). The van der Waals surface area contributed by atoms with Gasteiger partial charge < -0.3 is 10.6 Å². The van der Waals surface area contributed by atoms with Crippen molar-refractivity contribution in [2.24, 2.45) is 0 Å². The van der Waals surface area contributed by atoms with Crippen molar-refractivity contribution in [2.45, 2.75) is 6.42 Å². The lowest BCUT2D eigenvalue weighted by Crippen LogP contribution is -2.36. The van der Waals surface area contributed by atoms with E-state index in [1.165, 1.54) is 12.1 Å². The fourth-order valence-corrected chi connectivity index (χ4v) is 1.16. The van der Waals surface area contributed by atoms with Crippen LogP contribution in [0.2, 0.25) is 0 Å². The maximum atomic E-state index is 5.46. The normalized spacial score (nSPS) is 16.2. The zero-order chi connectivity index (χ0) is 7.68. The third-order valence-electron chi connectivity index (χ3n) is 1.99. The summed E-state index contributed by atoms with van der Waals surface area (Å²) in [4.78, 5) is 6.30. The molecule has 1 aromatic heterocycles. The van der Waals surface area contributed by atoms with Gasteiger partial charge in [0.15, 0.2) is 0 Å². The van der Waals surface area contributed by atoms with Crippen LogP contribution in [0.15, 0.2) is 18.3 Å². The van der Waals surface area contributed by atoms with E-state index in [1.54, 1.807) is 0 Å². The molecule has 58 valence electrons. The molecular weight excluding hydrogens is 138 g/mol. The summed E-state index contributed by atoms with van der Waals surface area (Å²) >= 11 is 0. The Morgan fingerprint density at radius 1 is 1.36 bits per heavy atom. The molecule has 1 aliphatic rings. The Morgan fingerprint density at radius 2 is 2.18 bits per heavy atom. The number of nitrogens with two attached hydrogens (primary N) is 1. The smallest absolute Gasteiger partial charge is 0.123 e. The van der Waals surface area contributed by atoms with Crippen molar-refractivity contribution in [3.63, 3.8) is 0 Å². The Kier molecular flexibility index (Phi) is 1.42. The Balaban J connectivity index is 2.18. The first kappa shape index (κ1) is 6.46. The Morgan fingerprint density at radius 3 is 2.64 bits per heavy atom. The highest BCUT2D eigenvalue weighted by Gasteiger charge is 2.13. The van der Waals surface area contributed by atoms with E-state index in [4.69, 9.17) is 5.73 Å². The second-order valence-electron chi connectivity index (χ2n) is 2.78. The van der Waals surface area contributed by atoms with E-state index in [0.29, 0.717) is 5.82 Å². The predicted octanol–water partition coefficient (Wildman–Crippen LogP) is 0.874. The van der Waals surface area contributed by atoms with E-state index >= 15 is 0 Å². The molecule has 1 fully saturated rings. The largest absolute Gasteiger partial charge is 0.384 e. The predicted molar refractivity (Wildman–Crippen MR) is 45.5 cm³/mol. The number of nitrogens with zero attached hydrogens (tertiary/aromatic N) is 2. The Hall–Kier alpha value is -1.25. The molecule has 1 aromatic rings. The van der Waals surface area contributed by atoms with Crippen LogP contribution in [0.25, 0.3) is 0 Å². The lowest BCUT2D eigenvalue weighted by atomic mass is 10.2. The molecular formula is C8H11N3. The molecule has 2 heterocycles. The summed E-state index contributed by atoms with van der Waals surface area (Å²) in [6, 6.07) is 3.86. The molecule has 0 bridgehead atoms. The van der Waals surface area contributed by atoms with Crippen LogP contribution in [0.4, 0.5) is 11.5 Å². The van der Waals surface area contributed by atoms with Crippen LogP contribution < -0.4 is 10.6 Å². The Labute approximate surface area is 65.8 Å². The van der Waals surface area contributed by atoms with Gasteiger partial charge in [0.2, 0.25) is 0 Å². The first-order valence-electron chi connectivity index (χ1n) is 3.83. The van der Waals surface area contributed by atoms with Crippen LogP contribution in [0, 0.1) is 0 Å². The van der Waals surface area contributed by atoms with E-state index in [-0.39, 0.29) is 0 Å². The van der Waals surface area contributed by atoms with Crippen LogP contribution in [-0.2, 0) is 0 Å². The summed E-state index contributed by atoms with van der Waals surface area (Å²) in [5.74, 6) is 0.592. The third-order valence-corrected chi connectivity index (χ3v) is 1.99. The van der Waals surface area contributed by atoms with Crippen molar-refractivity contribution in [3.8, 4) is 0 Å². The van der Waals surface area contributed by atoms with Gasteiger partial charge in [0.25, 0.3) is 0 Å². The molecule has 0 unspecified atom stereocenters. The minimum absolute atomic E-state index is 0.592. The Bertz CT molecular complexity index is 238. The lowest BCUT2D eigenvalue weighted by molar-refractivity contribution is 0.617. The highest BCUT2D eigenvalue weighted by molar-refractivity contribution is 5.49. The molecule has 0 atom stereocenters. The topological polar surface area (TPSA) is 42.1 Å². The van der Waals surface area contributed by atoms with Crippen LogP contribution >= 0.6 is 0 Å². The molecule has 0 aliphatic carbocycles. The first-order valence-corrected chi connectivity index (χ1v) is 3.83. The van der Waals surface area contributed by atoms with Crippen LogP contribution in [0.3, 0.4) is 0 Å². The van der Waals surface area contributed by atoms with Gasteiger partial charge in [0.1, 0.15) is 5.82 Å². The molecule has 2 N–H and O–H groups in total. The number of nitrogen functional groups attached to an aromatic ring is 1. The number of hydrogen-bond donors (Lipinski definition) is 1. The zero-order valence-electron chi connectivity index (χ0n) is 6.33. The van der Waals surface area contributed by atoms with Crippen LogP contribution in [0.5, 0.6) is 0 Å². The molecule has 0 amide bonds. The average molecular weight is 149 g/mol. The molecule has 3 nitrogen and oxygen atoms in total. The van der Waals surface area contributed by atoms with Gasteiger partial charge in [-0.25, -0.2) is 4.98 Å². The van der Waals surface area contributed by atoms with Crippen molar-refractivity contribution in [1.29, 1.82) is 0 Å². The molecule has 1 aliphatic heterocycles. The maximum Gasteiger partial charge on any atom is 0.123 e. The molecule has 1 saturated heterocycles. The number of hydrogen-bond acceptors (Lipinski definition) is 3. The van der Waals surface area contributed by atoms with Crippen molar-refractivity contribution < 1.29 is 0 Å². The van der Waals surface area contributed by atoms with Crippen molar-refractivity contribution in [2.75, 3.05) is 23.7 Å². The van der Waals surface area contributed by atoms with E-state index in [1.807, 2.05) is 18.3 Å². The van der Waals surface area contributed by atoms with Gasteiger partial charge in [0.05, 0.1) is 11.9 Å². The molecule has 11 heavy (non-hydrogen) atoms. The minimum Gasteiger partial charge on any atom is -0.384 e. The van der Waals surface area contributed by atoms with E-state index in [0.717, 1.165) is 13.1 Å². The molecule has 0 aromatic carbocycles. The number of pyridine rings is 1. The molecule has 0 radical (unpaired) electrons. The van der Waals surface area contributed by atoms with Crippen LogP contribution in [-0.4, -0.2) is 18.1 Å². The van der Waals surface area contributed by atoms with Crippen molar-refractivity contribution in [3.05, 3.63) is 18.3 Å². The van der Waals surface area contributed by atoms with Crippen molar-refractivity contribution >= 4 is 11.5 Å². The zero-order valence-corrected chi connectivity index (χ0v) is 6.33. The lowest BCUT2D eigenvalue weighted by Gasteiger charge is -2.32. The van der Waals surface area contributed by atoms with Crippen LogP contribution in [0.1, 0.15) is 6.42 Å². The highest BCUT2D eigenvalue weighted by atomic mass is 15.2. The second-order valence-corrected chi connectivity index (χ2v) is 2.78. The summed E-state index contributed by atoms with van der Waals surface area (Å²) in [5.41, 5.74) is 6.64. The number of aromatic nitrogens is 1. The maximum absolute atomic E-state index is 5.46. The van der Waals surface area contributed by atoms with E-state index in [9.17, 15) is 0 Å². The number of anilines is 2. The third kappa shape index (κ3) is 1.13. The monoisotopic (exact) mass is 149 g/mol. The second kappa shape index (κ2) is 2.42. The fraction of sp³-hybridized carbons (Fsp3) is 0.375.